The van der Waals surface area contributed by atoms with Gasteiger partial charge in [-0.2, -0.15) is 0 Å². The van der Waals surface area contributed by atoms with Crippen molar-refractivity contribution in [2.75, 3.05) is 21.3 Å². The first-order valence-corrected chi connectivity index (χ1v) is 7.27. The molecule has 0 aromatic heterocycles. The van der Waals surface area contributed by atoms with Crippen LogP contribution in [0.5, 0.6) is 17.2 Å². The summed E-state index contributed by atoms with van der Waals surface area (Å²) >= 11 is 0. The summed E-state index contributed by atoms with van der Waals surface area (Å²) in [6.07, 6.45) is 2.80. The molecule has 0 unspecified atom stereocenters. The van der Waals surface area contributed by atoms with Crippen LogP contribution in [0.1, 0.15) is 15.9 Å². The van der Waals surface area contributed by atoms with Gasteiger partial charge in [0.15, 0.2) is 17.3 Å². The Balaban J connectivity index is 2.44. The Labute approximate surface area is 144 Å². The van der Waals surface area contributed by atoms with Gasteiger partial charge in [-0.15, -0.1) is 0 Å². The molecular weight excluding hydrogens is 326 g/mol. The summed E-state index contributed by atoms with van der Waals surface area (Å²) in [6.45, 7) is 0. The molecule has 2 aromatic rings. The number of methoxy groups -OCH3 is 3. The smallest absolute Gasteiger partial charge is 0.284 e. The summed E-state index contributed by atoms with van der Waals surface area (Å²) in [5, 5.41) is 11.3. The quantitative estimate of drug-likeness (QED) is 0.331. The van der Waals surface area contributed by atoms with Crippen LogP contribution in [0.3, 0.4) is 0 Å². The number of ether oxygens (including phenoxy) is 3. The van der Waals surface area contributed by atoms with Gasteiger partial charge in [0.1, 0.15) is 11.3 Å². The average Bonchev–Trinajstić information content (AvgIpc) is 2.64. The first-order chi connectivity index (χ1) is 12.0. The van der Waals surface area contributed by atoms with Gasteiger partial charge < -0.3 is 14.2 Å². The summed E-state index contributed by atoms with van der Waals surface area (Å²) in [5.74, 6) is 0.480. The number of benzene rings is 2. The van der Waals surface area contributed by atoms with Gasteiger partial charge in [-0.05, 0) is 18.2 Å². The van der Waals surface area contributed by atoms with E-state index < -0.39 is 10.7 Å². The molecule has 0 N–H and O–H groups in total. The summed E-state index contributed by atoms with van der Waals surface area (Å²) in [6, 6.07) is 9.59. The molecule has 0 spiro atoms. The van der Waals surface area contributed by atoms with Crippen molar-refractivity contribution in [3.63, 3.8) is 0 Å². The summed E-state index contributed by atoms with van der Waals surface area (Å²) in [5.41, 5.74) is 0.239. The van der Waals surface area contributed by atoms with Crippen LogP contribution in [0.4, 0.5) is 5.69 Å². The molecule has 0 heterocycles. The van der Waals surface area contributed by atoms with E-state index in [1.807, 2.05) is 0 Å². The maximum Gasteiger partial charge on any atom is 0.284 e. The van der Waals surface area contributed by atoms with Gasteiger partial charge in [-0.1, -0.05) is 18.2 Å². The lowest BCUT2D eigenvalue weighted by molar-refractivity contribution is -0.385. The molecule has 0 saturated carbocycles. The Morgan fingerprint density at radius 1 is 1.00 bits per heavy atom. The van der Waals surface area contributed by atoms with E-state index in [-0.39, 0.29) is 22.7 Å². The third-order valence-corrected chi connectivity index (χ3v) is 3.52. The Bertz CT molecular complexity index is 828. The zero-order valence-corrected chi connectivity index (χ0v) is 14.0. The fourth-order valence-corrected chi connectivity index (χ4v) is 2.28. The van der Waals surface area contributed by atoms with Crippen molar-refractivity contribution in [2.45, 2.75) is 0 Å². The highest BCUT2D eigenvalue weighted by molar-refractivity contribution is 6.10. The van der Waals surface area contributed by atoms with Crippen molar-refractivity contribution in [1.29, 1.82) is 0 Å². The van der Waals surface area contributed by atoms with Gasteiger partial charge in [0.2, 0.25) is 0 Å². The van der Waals surface area contributed by atoms with Crippen LogP contribution in [0.2, 0.25) is 0 Å². The van der Waals surface area contributed by atoms with Crippen molar-refractivity contribution >= 4 is 17.5 Å². The van der Waals surface area contributed by atoms with Gasteiger partial charge >= 0.3 is 0 Å². The van der Waals surface area contributed by atoms with E-state index in [9.17, 15) is 14.9 Å². The first kappa shape index (κ1) is 18.0. The molecule has 0 atom stereocenters. The molecule has 0 fully saturated rings. The van der Waals surface area contributed by atoms with Gasteiger partial charge in [0, 0.05) is 11.6 Å². The molecule has 0 amide bonds. The molecule has 25 heavy (non-hydrogen) atoms. The number of ketones is 1. The highest BCUT2D eigenvalue weighted by atomic mass is 16.6. The second-order valence-corrected chi connectivity index (χ2v) is 4.92. The minimum Gasteiger partial charge on any atom is -0.496 e. The lowest BCUT2D eigenvalue weighted by atomic mass is 10.1. The number of carbonyl (C=O) groups is 1. The van der Waals surface area contributed by atoms with E-state index in [1.165, 1.54) is 39.5 Å². The van der Waals surface area contributed by atoms with Crippen LogP contribution in [-0.2, 0) is 0 Å². The maximum atomic E-state index is 12.5. The lowest BCUT2D eigenvalue weighted by Gasteiger charge is -2.09. The predicted octanol–water partition coefficient (Wildman–Crippen LogP) is 3.52. The van der Waals surface area contributed by atoms with E-state index in [1.54, 1.807) is 30.3 Å². The molecule has 0 aliphatic carbocycles. The van der Waals surface area contributed by atoms with Crippen LogP contribution < -0.4 is 14.2 Å². The largest absolute Gasteiger partial charge is 0.496 e. The Kier molecular flexibility index (Phi) is 5.73. The van der Waals surface area contributed by atoms with E-state index in [2.05, 4.69) is 0 Å². The molecule has 0 saturated heterocycles. The third-order valence-electron chi connectivity index (χ3n) is 3.52. The van der Waals surface area contributed by atoms with Crippen LogP contribution in [0.25, 0.3) is 6.08 Å². The number of hydrogen-bond acceptors (Lipinski definition) is 6. The molecule has 2 aromatic carbocycles. The Morgan fingerprint density at radius 3 is 2.20 bits per heavy atom. The lowest BCUT2D eigenvalue weighted by Crippen LogP contribution is -2.03. The van der Waals surface area contributed by atoms with Gasteiger partial charge in [0.25, 0.3) is 5.69 Å². The van der Waals surface area contributed by atoms with Crippen molar-refractivity contribution in [3.05, 3.63) is 63.7 Å². The average molecular weight is 343 g/mol. The molecule has 7 nitrogen and oxygen atoms in total. The molecule has 7 heteroatoms. The SMILES string of the molecule is COc1ccccc1C=CC(=O)c1cc(OC)c(OC)cc1[N+](=O)[O-]. The number of hydrogen-bond donors (Lipinski definition) is 0. The zero-order valence-electron chi connectivity index (χ0n) is 14.0. The van der Waals surface area contributed by atoms with Crippen molar-refractivity contribution in [3.8, 4) is 17.2 Å². The van der Waals surface area contributed by atoms with Crippen LogP contribution in [0, 0.1) is 10.1 Å². The second kappa shape index (κ2) is 7.96. The van der Waals surface area contributed by atoms with Crippen molar-refractivity contribution < 1.29 is 23.9 Å². The highest BCUT2D eigenvalue weighted by Gasteiger charge is 2.23. The van der Waals surface area contributed by atoms with Crippen LogP contribution >= 0.6 is 0 Å². The molecule has 0 bridgehead atoms. The van der Waals surface area contributed by atoms with E-state index in [0.29, 0.717) is 11.3 Å². The fraction of sp³-hybridized carbons (Fsp3) is 0.167. The number of para-hydroxylation sites is 1. The molecule has 0 aliphatic heterocycles. The fourth-order valence-electron chi connectivity index (χ4n) is 2.28. The summed E-state index contributed by atoms with van der Waals surface area (Å²) in [7, 11) is 4.28. The highest BCUT2D eigenvalue weighted by Crippen LogP contribution is 2.35. The number of rotatable bonds is 7. The number of carbonyl (C=O) groups excluding carboxylic acids is 1. The standard InChI is InChI=1S/C18H17NO6/c1-23-16-7-5-4-6-12(16)8-9-15(20)13-10-17(24-2)18(25-3)11-14(13)19(21)22/h4-11H,1-3H3. The van der Waals surface area contributed by atoms with Gasteiger partial charge in [-0.3, -0.25) is 14.9 Å². The molecular formula is C18H17NO6. The number of nitro groups is 1. The van der Waals surface area contributed by atoms with Gasteiger partial charge in [0.05, 0.1) is 32.3 Å². The monoisotopic (exact) mass is 343 g/mol. The third kappa shape index (κ3) is 3.95. The van der Waals surface area contributed by atoms with E-state index in [4.69, 9.17) is 14.2 Å². The summed E-state index contributed by atoms with van der Waals surface area (Å²) < 4.78 is 15.4. The number of allylic oxidation sites excluding steroid dienone is 1. The minimum atomic E-state index is -0.633. The Hall–Kier alpha value is -3.35. The van der Waals surface area contributed by atoms with E-state index >= 15 is 0 Å². The molecule has 2 rings (SSSR count). The molecule has 0 aliphatic rings. The predicted molar refractivity (Wildman–Crippen MR) is 92.6 cm³/mol. The van der Waals surface area contributed by atoms with Gasteiger partial charge in [-0.25, -0.2) is 0 Å². The molecule has 130 valence electrons. The van der Waals surface area contributed by atoms with E-state index in [0.717, 1.165) is 0 Å². The van der Waals surface area contributed by atoms with Crippen molar-refractivity contribution in [2.24, 2.45) is 0 Å². The number of nitro benzene ring substituents is 1. The molecule has 0 radical (unpaired) electrons. The van der Waals surface area contributed by atoms with Crippen molar-refractivity contribution in [1.82, 2.24) is 0 Å². The number of nitrogens with zero attached hydrogens (tertiary/aromatic N) is 1. The van der Waals surface area contributed by atoms with Crippen LogP contribution in [0.15, 0.2) is 42.5 Å². The second-order valence-electron chi connectivity index (χ2n) is 4.92. The maximum absolute atomic E-state index is 12.5. The zero-order chi connectivity index (χ0) is 18.4. The first-order valence-electron chi connectivity index (χ1n) is 7.27. The summed E-state index contributed by atoms with van der Waals surface area (Å²) in [4.78, 5) is 23.1. The van der Waals surface area contributed by atoms with Crippen LogP contribution in [-0.4, -0.2) is 32.0 Å². The minimum absolute atomic E-state index is 0.0891. The normalized spacial score (nSPS) is 10.5. The topological polar surface area (TPSA) is 87.9 Å². The Morgan fingerprint density at radius 2 is 1.60 bits per heavy atom.